The van der Waals surface area contributed by atoms with E-state index in [0.29, 0.717) is 10.2 Å². The number of thioether (sulfide) groups is 1. The fraction of sp³-hybridized carbons (Fsp3) is 0.333. The van der Waals surface area contributed by atoms with Crippen molar-refractivity contribution in [3.05, 3.63) is 59.1 Å². The molecule has 0 N–H and O–H groups in total. The third kappa shape index (κ3) is 4.36. The first-order chi connectivity index (χ1) is 14.2. The number of anilines is 2. The van der Waals surface area contributed by atoms with Crippen molar-refractivity contribution in [3.63, 3.8) is 0 Å². The van der Waals surface area contributed by atoms with Gasteiger partial charge in [0.2, 0.25) is 0 Å². The highest BCUT2D eigenvalue weighted by Crippen LogP contribution is 2.41. The van der Waals surface area contributed by atoms with Gasteiger partial charge >= 0.3 is 0 Å². The van der Waals surface area contributed by atoms with Gasteiger partial charge in [0.25, 0.3) is 5.91 Å². The van der Waals surface area contributed by atoms with Gasteiger partial charge in [-0.15, -0.1) is 0 Å². The first-order valence-corrected chi connectivity index (χ1v) is 12.6. The molecule has 0 saturated carbocycles. The Morgan fingerprint density at radius 1 is 1.17 bits per heavy atom. The zero-order valence-corrected chi connectivity index (χ0v) is 19.0. The fourth-order valence-corrected chi connectivity index (χ4v) is 7.86. The molecule has 6 nitrogen and oxygen atoms in total. The maximum Gasteiger partial charge on any atom is 0.252 e. The Bertz CT molecular complexity index is 1100. The van der Waals surface area contributed by atoms with Crippen LogP contribution in [0.2, 0.25) is 5.02 Å². The van der Waals surface area contributed by atoms with E-state index in [0.717, 1.165) is 16.9 Å². The van der Waals surface area contributed by atoms with Crippen LogP contribution in [0.15, 0.2) is 53.5 Å². The third-order valence-corrected chi connectivity index (χ3v) is 8.81. The van der Waals surface area contributed by atoms with Crippen molar-refractivity contribution < 1.29 is 13.2 Å². The predicted molar refractivity (Wildman–Crippen MR) is 125 cm³/mol. The maximum atomic E-state index is 12.7. The molecule has 0 radical (unpaired) electrons. The lowest BCUT2D eigenvalue weighted by molar-refractivity contribution is -0.117. The van der Waals surface area contributed by atoms with Crippen LogP contribution < -0.4 is 9.80 Å². The molecule has 2 aromatic carbocycles. The average molecular weight is 464 g/mol. The summed E-state index contributed by atoms with van der Waals surface area (Å²) in [4.78, 5) is 20.9. The third-order valence-electron chi connectivity index (χ3n) is 5.23. The summed E-state index contributed by atoms with van der Waals surface area (Å²) in [5.74, 6) is -0.132. The second-order valence-electron chi connectivity index (χ2n) is 7.64. The molecule has 0 aromatic heterocycles. The number of benzene rings is 2. The van der Waals surface area contributed by atoms with Crippen molar-refractivity contribution >= 4 is 55.6 Å². The average Bonchev–Trinajstić information content (AvgIpc) is 3.14. The van der Waals surface area contributed by atoms with Crippen LogP contribution >= 0.6 is 23.4 Å². The number of sulfone groups is 1. The molecule has 2 atom stereocenters. The molecule has 2 fully saturated rings. The fourth-order valence-electron chi connectivity index (χ4n) is 3.73. The summed E-state index contributed by atoms with van der Waals surface area (Å²) in [5, 5.41) is 0.953. The van der Waals surface area contributed by atoms with E-state index in [-0.39, 0.29) is 35.1 Å². The van der Waals surface area contributed by atoms with Crippen molar-refractivity contribution in [2.24, 2.45) is 4.99 Å². The van der Waals surface area contributed by atoms with Gasteiger partial charge in [-0.05, 0) is 35.9 Å². The van der Waals surface area contributed by atoms with E-state index in [1.807, 2.05) is 60.3 Å². The minimum atomic E-state index is -3.10. The number of carbonyl (C=O) groups excluding carboxylic acids is 1. The molecule has 158 valence electrons. The van der Waals surface area contributed by atoms with Gasteiger partial charge in [-0.2, -0.15) is 4.99 Å². The molecule has 2 aromatic rings. The van der Waals surface area contributed by atoms with Crippen molar-refractivity contribution in [2.75, 3.05) is 35.4 Å². The molecular formula is C21H22ClN3O3S2. The van der Waals surface area contributed by atoms with Crippen LogP contribution in [0, 0.1) is 0 Å². The second kappa shape index (κ2) is 8.24. The number of amides is 1. The number of halogens is 1. The molecule has 2 heterocycles. The first kappa shape index (κ1) is 21.2. The number of hydrogen-bond donors (Lipinski definition) is 0. The van der Waals surface area contributed by atoms with Crippen molar-refractivity contribution in [1.29, 1.82) is 0 Å². The van der Waals surface area contributed by atoms with Gasteiger partial charge in [-0.25, -0.2) is 8.42 Å². The summed E-state index contributed by atoms with van der Waals surface area (Å²) < 4.78 is 24.4. The molecule has 30 heavy (non-hydrogen) atoms. The van der Waals surface area contributed by atoms with Crippen LogP contribution in [0.25, 0.3) is 0 Å². The zero-order chi connectivity index (χ0) is 21.5. The van der Waals surface area contributed by atoms with Gasteiger partial charge in [-0.1, -0.05) is 41.6 Å². The number of hydrogen-bond acceptors (Lipinski definition) is 5. The van der Waals surface area contributed by atoms with Crippen LogP contribution in [0.1, 0.15) is 5.56 Å². The Morgan fingerprint density at radius 2 is 1.87 bits per heavy atom. The summed E-state index contributed by atoms with van der Waals surface area (Å²) in [6.07, 6.45) is 0.102. The zero-order valence-electron chi connectivity index (χ0n) is 16.7. The number of amidine groups is 1. The molecule has 2 saturated heterocycles. The lowest BCUT2D eigenvalue weighted by Gasteiger charge is -2.25. The standard InChI is InChI=1S/C21H22ClN3O3S2/c1-24(2)15-7-9-16(10-8-15)25-18-12-30(27,28)13-19(18)29-21(25)23-20(26)11-14-5-3-4-6-17(14)22/h3-10,18-19H,11-13H2,1-2H3. The molecule has 2 aliphatic heterocycles. The number of fused-ring (bicyclic) bond motifs is 1. The monoisotopic (exact) mass is 463 g/mol. The molecule has 2 aliphatic rings. The van der Waals surface area contributed by atoms with Crippen LogP contribution in [0.5, 0.6) is 0 Å². The lowest BCUT2D eigenvalue weighted by Crippen LogP contribution is -2.37. The van der Waals surface area contributed by atoms with E-state index >= 15 is 0 Å². The molecule has 9 heteroatoms. The Morgan fingerprint density at radius 3 is 2.53 bits per heavy atom. The molecule has 2 unspecified atom stereocenters. The Kier molecular flexibility index (Phi) is 5.83. The quantitative estimate of drug-likeness (QED) is 0.693. The Balaban J connectivity index is 1.64. The van der Waals surface area contributed by atoms with Crippen molar-refractivity contribution in [1.82, 2.24) is 0 Å². The summed E-state index contributed by atoms with van der Waals surface area (Å²) in [6, 6.07) is 14.8. The minimum Gasteiger partial charge on any atom is -0.378 e. The van der Waals surface area contributed by atoms with E-state index in [1.165, 1.54) is 11.8 Å². The topological polar surface area (TPSA) is 70.0 Å². The smallest absolute Gasteiger partial charge is 0.252 e. The predicted octanol–water partition coefficient (Wildman–Crippen LogP) is 3.25. The molecule has 0 aliphatic carbocycles. The normalized spacial score (nSPS) is 23.6. The lowest BCUT2D eigenvalue weighted by atomic mass is 10.1. The van der Waals surface area contributed by atoms with Gasteiger partial charge in [0.05, 0.1) is 24.0 Å². The van der Waals surface area contributed by atoms with E-state index in [2.05, 4.69) is 4.99 Å². The van der Waals surface area contributed by atoms with Crippen LogP contribution in [0.3, 0.4) is 0 Å². The summed E-state index contributed by atoms with van der Waals surface area (Å²) in [5.41, 5.74) is 2.60. The second-order valence-corrected chi connectivity index (χ2v) is 11.4. The van der Waals surface area contributed by atoms with Crippen molar-refractivity contribution in [3.8, 4) is 0 Å². The molecule has 1 amide bonds. The van der Waals surface area contributed by atoms with Gasteiger partial charge < -0.3 is 9.80 Å². The van der Waals surface area contributed by atoms with Gasteiger partial charge in [0.15, 0.2) is 15.0 Å². The van der Waals surface area contributed by atoms with E-state index in [4.69, 9.17) is 11.6 Å². The highest BCUT2D eigenvalue weighted by atomic mass is 35.5. The van der Waals surface area contributed by atoms with Crippen molar-refractivity contribution in [2.45, 2.75) is 17.7 Å². The highest BCUT2D eigenvalue weighted by Gasteiger charge is 2.49. The summed E-state index contributed by atoms with van der Waals surface area (Å²) in [7, 11) is 0.816. The van der Waals surface area contributed by atoms with E-state index in [9.17, 15) is 13.2 Å². The highest BCUT2D eigenvalue weighted by molar-refractivity contribution is 8.16. The van der Waals surface area contributed by atoms with Crippen LogP contribution in [0.4, 0.5) is 11.4 Å². The largest absolute Gasteiger partial charge is 0.378 e. The number of rotatable bonds is 4. The Labute approximate surface area is 185 Å². The van der Waals surface area contributed by atoms with E-state index in [1.54, 1.807) is 12.1 Å². The van der Waals surface area contributed by atoms with Gasteiger partial charge in [0.1, 0.15) is 0 Å². The van der Waals surface area contributed by atoms with Crippen LogP contribution in [-0.2, 0) is 21.1 Å². The number of aliphatic imine (C=N–C) groups is 1. The number of carbonyl (C=O) groups is 1. The van der Waals surface area contributed by atoms with E-state index < -0.39 is 9.84 Å². The van der Waals surface area contributed by atoms with Crippen LogP contribution in [-0.4, -0.2) is 56.4 Å². The molecule has 0 spiro atoms. The van der Waals surface area contributed by atoms with Gasteiger partial charge in [-0.3, -0.25) is 4.79 Å². The summed E-state index contributed by atoms with van der Waals surface area (Å²) >= 11 is 7.54. The SMILES string of the molecule is CN(C)c1ccc(N2C(=NC(=O)Cc3ccccc3Cl)SC3CS(=O)(=O)CC32)cc1. The molecule has 0 bridgehead atoms. The minimum absolute atomic E-state index is 0.0673. The number of nitrogens with zero attached hydrogens (tertiary/aromatic N) is 3. The summed E-state index contributed by atoms with van der Waals surface area (Å²) in [6.45, 7) is 0. The Hall–Kier alpha value is -2.03. The molecule has 4 rings (SSSR count). The maximum absolute atomic E-state index is 12.7. The van der Waals surface area contributed by atoms with Gasteiger partial charge in [0, 0.05) is 35.7 Å². The first-order valence-electron chi connectivity index (χ1n) is 9.52. The molecular weight excluding hydrogens is 442 g/mol.